The Bertz CT molecular complexity index is 1350. The maximum Gasteiger partial charge on any atom is 0.264 e. The largest absolute Gasteiger partial charge is 0.497 e. The molecule has 0 bridgehead atoms. The summed E-state index contributed by atoms with van der Waals surface area (Å²) in [6, 6.07) is 20.7. The first kappa shape index (κ1) is 26.3. The van der Waals surface area contributed by atoms with Crippen molar-refractivity contribution in [2.45, 2.75) is 37.2 Å². The van der Waals surface area contributed by atoms with Crippen molar-refractivity contribution in [3.05, 3.63) is 78.4 Å². The summed E-state index contributed by atoms with van der Waals surface area (Å²) in [5.41, 5.74) is 1.37. The summed E-state index contributed by atoms with van der Waals surface area (Å²) in [6.45, 7) is 6.67. The second-order valence-corrected chi connectivity index (χ2v) is 11.5. The number of hydrogen-bond acceptors (Lipinski definition) is 6. The summed E-state index contributed by atoms with van der Waals surface area (Å²) in [5.74, 6) is 1.22. The lowest BCUT2D eigenvalue weighted by molar-refractivity contribution is -0.127. The standard InChI is InChI=1S/C28H32N2O6S/c1-28(2,3)22-9-5-7-11-24(22)35-18-17-29-27(31)26-19-30(23-10-6-8-12-25(23)36-26)37(32,33)21-15-13-20(34-4)14-16-21/h5-16,26H,17-19H2,1-4H3,(H,29,31)/t26-/m1/s1. The predicted octanol–water partition coefficient (Wildman–Crippen LogP) is 4.14. The average Bonchev–Trinajstić information content (AvgIpc) is 2.90. The van der Waals surface area contributed by atoms with Gasteiger partial charge in [0.05, 0.1) is 30.8 Å². The molecule has 1 atom stereocenters. The van der Waals surface area contributed by atoms with Crippen molar-refractivity contribution in [3.8, 4) is 17.2 Å². The second kappa shape index (κ2) is 10.7. The molecule has 3 aromatic rings. The van der Waals surface area contributed by atoms with Gasteiger partial charge in [0, 0.05) is 0 Å². The minimum atomic E-state index is -3.95. The number of sulfonamides is 1. The number of hydrogen-bond donors (Lipinski definition) is 1. The first-order valence-corrected chi connectivity index (χ1v) is 13.5. The van der Waals surface area contributed by atoms with E-state index in [9.17, 15) is 13.2 Å². The molecule has 1 aliphatic rings. The molecule has 4 rings (SSSR count). The van der Waals surface area contributed by atoms with E-state index >= 15 is 0 Å². The number of methoxy groups -OCH3 is 1. The number of amides is 1. The molecule has 8 nitrogen and oxygen atoms in total. The highest BCUT2D eigenvalue weighted by molar-refractivity contribution is 7.92. The van der Waals surface area contributed by atoms with E-state index in [1.165, 1.54) is 23.5 Å². The Morgan fingerprint density at radius 3 is 2.41 bits per heavy atom. The zero-order valence-electron chi connectivity index (χ0n) is 21.4. The monoisotopic (exact) mass is 524 g/mol. The number of carbonyl (C=O) groups excluding carboxylic acids is 1. The fourth-order valence-corrected chi connectivity index (χ4v) is 5.58. The number of fused-ring (bicyclic) bond motifs is 1. The van der Waals surface area contributed by atoms with Crippen LogP contribution in [0, 0.1) is 0 Å². The lowest BCUT2D eigenvalue weighted by Crippen LogP contribution is -2.51. The highest BCUT2D eigenvalue weighted by Crippen LogP contribution is 2.37. The molecule has 0 saturated carbocycles. The van der Waals surface area contributed by atoms with Crippen LogP contribution in [0.25, 0.3) is 0 Å². The van der Waals surface area contributed by atoms with Gasteiger partial charge >= 0.3 is 0 Å². The van der Waals surface area contributed by atoms with E-state index in [0.717, 1.165) is 11.3 Å². The summed E-state index contributed by atoms with van der Waals surface area (Å²) < 4.78 is 45.2. The summed E-state index contributed by atoms with van der Waals surface area (Å²) >= 11 is 0. The molecule has 196 valence electrons. The molecule has 0 aliphatic carbocycles. The Kier molecular flexibility index (Phi) is 7.63. The zero-order chi connectivity index (χ0) is 26.6. The van der Waals surface area contributed by atoms with E-state index in [4.69, 9.17) is 14.2 Å². The number of ether oxygens (including phenoxy) is 3. The van der Waals surface area contributed by atoms with Gasteiger partial charge < -0.3 is 19.5 Å². The smallest absolute Gasteiger partial charge is 0.264 e. The molecule has 9 heteroatoms. The number of anilines is 1. The maximum absolute atomic E-state index is 13.5. The molecule has 1 aliphatic heterocycles. The third kappa shape index (κ3) is 5.83. The molecule has 0 aromatic heterocycles. The second-order valence-electron chi connectivity index (χ2n) is 9.67. The van der Waals surface area contributed by atoms with Crippen LogP contribution in [0.1, 0.15) is 26.3 Å². The van der Waals surface area contributed by atoms with E-state index in [2.05, 4.69) is 26.1 Å². The van der Waals surface area contributed by atoms with Crippen molar-refractivity contribution < 1.29 is 27.4 Å². The molecule has 1 amide bonds. The van der Waals surface area contributed by atoms with Gasteiger partial charge in [-0.15, -0.1) is 0 Å². The summed E-state index contributed by atoms with van der Waals surface area (Å²) in [5, 5.41) is 2.81. The van der Waals surface area contributed by atoms with Crippen molar-refractivity contribution >= 4 is 21.6 Å². The zero-order valence-corrected chi connectivity index (χ0v) is 22.2. The Morgan fingerprint density at radius 1 is 1.03 bits per heavy atom. The topological polar surface area (TPSA) is 94.2 Å². The Balaban J connectivity index is 1.45. The van der Waals surface area contributed by atoms with Crippen LogP contribution >= 0.6 is 0 Å². The first-order valence-electron chi connectivity index (χ1n) is 12.0. The number of benzene rings is 3. The normalized spacial score (nSPS) is 15.4. The molecule has 1 heterocycles. The predicted molar refractivity (Wildman–Crippen MR) is 142 cm³/mol. The van der Waals surface area contributed by atoms with Gasteiger partial charge in [0.25, 0.3) is 15.9 Å². The van der Waals surface area contributed by atoms with Crippen LogP contribution in [-0.2, 0) is 20.2 Å². The number of nitrogens with one attached hydrogen (secondary N) is 1. The first-order chi connectivity index (χ1) is 17.6. The minimum Gasteiger partial charge on any atom is -0.497 e. The molecule has 37 heavy (non-hydrogen) atoms. The number of para-hydroxylation sites is 3. The minimum absolute atomic E-state index is 0.0813. The van der Waals surface area contributed by atoms with Gasteiger partial charge in [0.2, 0.25) is 0 Å². The van der Waals surface area contributed by atoms with Crippen LogP contribution in [0.4, 0.5) is 5.69 Å². The van der Waals surface area contributed by atoms with E-state index < -0.39 is 22.0 Å². The number of rotatable bonds is 8. The molecule has 3 aromatic carbocycles. The molecule has 0 unspecified atom stereocenters. The molecule has 1 N–H and O–H groups in total. The molecule has 0 saturated heterocycles. The number of carbonyl (C=O) groups is 1. The highest BCUT2D eigenvalue weighted by Gasteiger charge is 2.37. The van der Waals surface area contributed by atoms with Crippen LogP contribution in [0.5, 0.6) is 17.2 Å². The summed E-state index contributed by atoms with van der Waals surface area (Å²) in [7, 11) is -2.44. The van der Waals surface area contributed by atoms with Gasteiger partial charge in [0.15, 0.2) is 6.10 Å². The van der Waals surface area contributed by atoms with Gasteiger partial charge in [-0.3, -0.25) is 9.10 Å². The van der Waals surface area contributed by atoms with Crippen LogP contribution in [0.3, 0.4) is 0 Å². The highest BCUT2D eigenvalue weighted by atomic mass is 32.2. The van der Waals surface area contributed by atoms with Crippen molar-refractivity contribution in [1.29, 1.82) is 0 Å². The molecule has 0 spiro atoms. The third-order valence-corrected chi connectivity index (χ3v) is 7.82. The Morgan fingerprint density at radius 2 is 1.70 bits per heavy atom. The van der Waals surface area contributed by atoms with Gasteiger partial charge in [-0.25, -0.2) is 8.42 Å². The van der Waals surface area contributed by atoms with Crippen LogP contribution in [0.15, 0.2) is 77.7 Å². The van der Waals surface area contributed by atoms with E-state index in [1.54, 1.807) is 36.4 Å². The van der Waals surface area contributed by atoms with Gasteiger partial charge in [-0.2, -0.15) is 0 Å². The van der Waals surface area contributed by atoms with Crippen molar-refractivity contribution in [2.75, 3.05) is 31.1 Å². The number of nitrogens with zero attached hydrogens (tertiary/aromatic N) is 1. The Labute approximate surface area is 218 Å². The lowest BCUT2D eigenvalue weighted by atomic mass is 9.86. The van der Waals surface area contributed by atoms with E-state index in [1.807, 2.05) is 24.3 Å². The Hall–Kier alpha value is -3.72. The van der Waals surface area contributed by atoms with Gasteiger partial charge in [-0.05, 0) is 53.4 Å². The van der Waals surface area contributed by atoms with Gasteiger partial charge in [0.1, 0.15) is 23.9 Å². The average molecular weight is 525 g/mol. The van der Waals surface area contributed by atoms with Crippen molar-refractivity contribution in [3.63, 3.8) is 0 Å². The third-order valence-electron chi connectivity index (χ3n) is 6.03. The molecule has 0 radical (unpaired) electrons. The van der Waals surface area contributed by atoms with Crippen molar-refractivity contribution in [1.82, 2.24) is 5.32 Å². The maximum atomic E-state index is 13.5. The SMILES string of the molecule is COc1ccc(S(=O)(=O)N2C[C@H](C(=O)NCCOc3ccccc3C(C)(C)C)Oc3ccccc32)cc1. The fourth-order valence-electron chi connectivity index (χ4n) is 4.10. The van der Waals surface area contributed by atoms with E-state index in [-0.39, 0.29) is 30.0 Å². The molecular formula is C28H32N2O6S. The van der Waals surface area contributed by atoms with Crippen LogP contribution in [-0.4, -0.2) is 47.2 Å². The van der Waals surface area contributed by atoms with Gasteiger partial charge in [-0.1, -0.05) is 51.1 Å². The fraction of sp³-hybridized carbons (Fsp3) is 0.321. The molecular weight excluding hydrogens is 492 g/mol. The lowest BCUT2D eigenvalue weighted by Gasteiger charge is -2.34. The van der Waals surface area contributed by atoms with Crippen LogP contribution in [0.2, 0.25) is 0 Å². The quantitative estimate of drug-likeness (QED) is 0.445. The summed E-state index contributed by atoms with van der Waals surface area (Å²) in [4.78, 5) is 13.1. The van der Waals surface area contributed by atoms with Crippen molar-refractivity contribution in [2.24, 2.45) is 0 Å². The molecule has 0 fully saturated rings. The van der Waals surface area contributed by atoms with E-state index in [0.29, 0.717) is 17.2 Å². The summed E-state index contributed by atoms with van der Waals surface area (Å²) in [6.07, 6.45) is -1.02. The van der Waals surface area contributed by atoms with Crippen LogP contribution < -0.4 is 23.8 Å².